The highest BCUT2D eigenvalue weighted by Gasteiger charge is 2.50. The molecule has 14 atom stereocenters. The van der Waals surface area contributed by atoms with Crippen molar-refractivity contribution in [3.05, 3.63) is 0 Å². The molecule has 2 rings (SSSR count). The Morgan fingerprint density at radius 1 is 0.889 bits per heavy atom. The van der Waals surface area contributed by atoms with Gasteiger partial charge in [-0.05, 0) is 6.92 Å². The van der Waals surface area contributed by atoms with E-state index in [1.807, 2.05) is 0 Å². The highest BCUT2D eigenvalue weighted by molar-refractivity contribution is 5.77. The lowest BCUT2D eigenvalue weighted by Gasteiger charge is -2.45. The van der Waals surface area contributed by atoms with Crippen LogP contribution in [0.2, 0.25) is 0 Å². The Morgan fingerprint density at radius 3 is 1.92 bits per heavy atom. The summed E-state index contributed by atoms with van der Waals surface area (Å²) in [4.78, 5) is 23.6. The predicted octanol–water partition coefficient (Wildman–Crippen LogP) is -6.56. The zero-order valence-electron chi connectivity index (χ0n) is 19.5. The van der Waals surface area contributed by atoms with Gasteiger partial charge < -0.3 is 75.0 Å². The smallest absolute Gasteiger partial charge is 0.217 e. The molecule has 2 fully saturated rings. The lowest BCUT2D eigenvalue weighted by atomic mass is 9.97. The Labute approximate surface area is 205 Å². The summed E-state index contributed by atoms with van der Waals surface area (Å²) in [5.74, 6) is -0.743. The van der Waals surface area contributed by atoms with Gasteiger partial charge in [0.2, 0.25) is 5.91 Å². The van der Waals surface area contributed by atoms with E-state index in [0.29, 0.717) is 0 Å². The second-order valence-corrected chi connectivity index (χ2v) is 8.69. The Bertz CT molecular complexity index is 713. The van der Waals surface area contributed by atoms with E-state index in [-0.39, 0.29) is 6.29 Å². The average Bonchev–Trinajstić information content (AvgIpc) is 2.85. The van der Waals surface area contributed by atoms with E-state index < -0.39 is 105 Å². The van der Waals surface area contributed by atoms with Crippen LogP contribution in [-0.4, -0.2) is 157 Å². The van der Waals surface area contributed by atoms with E-state index in [1.54, 1.807) is 0 Å². The van der Waals surface area contributed by atoms with Crippen molar-refractivity contribution in [1.29, 1.82) is 0 Å². The molecule has 0 bridgehead atoms. The van der Waals surface area contributed by atoms with Gasteiger partial charge in [-0.2, -0.15) is 0 Å². The van der Waals surface area contributed by atoms with Crippen LogP contribution >= 0.6 is 0 Å². The van der Waals surface area contributed by atoms with E-state index in [9.17, 15) is 55.5 Å². The van der Waals surface area contributed by atoms with E-state index in [4.69, 9.17) is 18.9 Å². The van der Waals surface area contributed by atoms with Crippen LogP contribution in [0.3, 0.4) is 0 Å². The molecule has 210 valence electrons. The number of aliphatic hydroxyl groups is 9. The van der Waals surface area contributed by atoms with Crippen molar-refractivity contribution < 1.29 is 74.5 Å². The number of aldehydes is 1. The maximum absolute atomic E-state index is 11.9. The second kappa shape index (κ2) is 13.4. The van der Waals surface area contributed by atoms with Crippen molar-refractivity contribution in [2.24, 2.45) is 0 Å². The predicted molar refractivity (Wildman–Crippen MR) is 113 cm³/mol. The van der Waals surface area contributed by atoms with E-state index in [0.717, 1.165) is 6.92 Å². The van der Waals surface area contributed by atoms with E-state index >= 15 is 0 Å². The fraction of sp³-hybridized carbons (Fsp3) is 0.900. The van der Waals surface area contributed by atoms with Gasteiger partial charge in [-0.15, -0.1) is 0 Å². The zero-order chi connectivity index (χ0) is 27.3. The van der Waals surface area contributed by atoms with Gasteiger partial charge in [0.25, 0.3) is 0 Å². The second-order valence-electron chi connectivity index (χ2n) is 8.69. The number of carbonyl (C=O) groups is 2. The van der Waals surface area contributed by atoms with Crippen LogP contribution in [-0.2, 0) is 28.5 Å². The third-order valence-electron chi connectivity index (χ3n) is 6.00. The summed E-state index contributed by atoms with van der Waals surface area (Å²) >= 11 is 0. The number of ether oxygens (including phenoxy) is 4. The minimum absolute atomic E-state index is 0.177. The molecule has 0 radical (unpaired) electrons. The summed E-state index contributed by atoms with van der Waals surface area (Å²) in [6, 6.07) is -1.64. The van der Waals surface area contributed by atoms with Crippen molar-refractivity contribution >= 4 is 12.2 Å². The molecule has 10 N–H and O–H groups in total. The molecule has 14 unspecified atom stereocenters. The first-order chi connectivity index (χ1) is 16.9. The van der Waals surface area contributed by atoms with Crippen molar-refractivity contribution in [2.75, 3.05) is 13.2 Å². The summed E-state index contributed by atoms with van der Waals surface area (Å²) in [5, 5.41) is 92.4. The van der Waals surface area contributed by atoms with Gasteiger partial charge in [0.05, 0.1) is 19.3 Å². The molecular weight excluding hydrogens is 494 g/mol. The van der Waals surface area contributed by atoms with Crippen molar-refractivity contribution in [3.63, 3.8) is 0 Å². The Hall–Kier alpha value is -1.38. The van der Waals surface area contributed by atoms with Gasteiger partial charge in [-0.3, -0.25) is 4.79 Å². The summed E-state index contributed by atoms with van der Waals surface area (Å²) < 4.78 is 21.8. The van der Waals surface area contributed by atoms with E-state index in [2.05, 4.69) is 5.32 Å². The Kier molecular flexibility index (Phi) is 11.5. The molecule has 16 nitrogen and oxygen atoms in total. The Balaban J connectivity index is 2.42. The molecule has 36 heavy (non-hydrogen) atoms. The summed E-state index contributed by atoms with van der Waals surface area (Å²) in [6.45, 7) is 0.584. The fourth-order valence-corrected chi connectivity index (χ4v) is 3.90. The summed E-state index contributed by atoms with van der Waals surface area (Å²) in [5.41, 5.74) is 0. The monoisotopic (exact) mass is 529 g/mol. The van der Waals surface area contributed by atoms with Crippen LogP contribution in [0.25, 0.3) is 0 Å². The number of rotatable bonds is 11. The number of aliphatic hydroxyl groups excluding tert-OH is 9. The van der Waals surface area contributed by atoms with Crippen LogP contribution in [0.15, 0.2) is 0 Å². The Morgan fingerprint density at radius 2 is 1.42 bits per heavy atom. The standard InChI is InChI=1S/C20H35NO15/c1-6-11(27)13(29)15(31)19(33-6)36-18(9(26)4-23)17(8(3-22)21-7(2)25)35-20-16(32)14(30)12(28)10(5-24)34-20/h3,6,8-20,23-24,26-32H,4-5H2,1-2H3,(H,21,25). The molecule has 0 spiro atoms. The van der Waals surface area contributed by atoms with Crippen LogP contribution in [0, 0.1) is 0 Å². The van der Waals surface area contributed by atoms with Crippen molar-refractivity contribution in [1.82, 2.24) is 5.32 Å². The molecular formula is C20H35NO15. The molecule has 0 aromatic rings. The van der Waals surface area contributed by atoms with Crippen LogP contribution in [0.4, 0.5) is 0 Å². The zero-order valence-corrected chi connectivity index (χ0v) is 19.5. The molecule has 2 saturated heterocycles. The van der Waals surface area contributed by atoms with Gasteiger partial charge >= 0.3 is 0 Å². The highest BCUT2D eigenvalue weighted by atomic mass is 16.7. The molecule has 2 heterocycles. The molecule has 0 aromatic carbocycles. The number of hydrogen-bond acceptors (Lipinski definition) is 15. The third-order valence-corrected chi connectivity index (χ3v) is 6.00. The lowest BCUT2D eigenvalue weighted by molar-refractivity contribution is -0.345. The maximum Gasteiger partial charge on any atom is 0.217 e. The number of nitrogens with one attached hydrogen (secondary N) is 1. The summed E-state index contributed by atoms with van der Waals surface area (Å²) in [7, 11) is 0. The van der Waals surface area contributed by atoms with E-state index in [1.165, 1.54) is 6.92 Å². The first-order valence-corrected chi connectivity index (χ1v) is 11.2. The molecule has 16 heteroatoms. The van der Waals surface area contributed by atoms with Crippen LogP contribution < -0.4 is 5.32 Å². The first kappa shape index (κ1) is 30.8. The molecule has 1 amide bonds. The normalized spacial score (nSPS) is 40.6. The molecule has 0 aliphatic carbocycles. The van der Waals surface area contributed by atoms with Gasteiger partial charge in [-0.25, -0.2) is 0 Å². The molecule has 0 saturated carbocycles. The SMILES string of the molecule is CC(=O)NC(C=O)C(OC1OC(CO)C(O)C(O)C1O)C(OC1OC(C)C(O)C(O)C1O)C(O)CO. The quantitative estimate of drug-likeness (QED) is 0.111. The van der Waals surface area contributed by atoms with Crippen LogP contribution in [0.1, 0.15) is 13.8 Å². The minimum atomic E-state index is -1.95. The topological polar surface area (TPSA) is 265 Å². The fourth-order valence-electron chi connectivity index (χ4n) is 3.90. The van der Waals surface area contributed by atoms with Gasteiger partial charge in [0.1, 0.15) is 73.4 Å². The summed E-state index contributed by atoms with van der Waals surface area (Å²) in [6.07, 6.45) is -22.1. The van der Waals surface area contributed by atoms with Crippen molar-refractivity contribution in [3.8, 4) is 0 Å². The molecule has 2 aliphatic heterocycles. The first-order valence-electron chi connectivity index (χ1n) is 11.2. The lowest BCUT2D eigenvalue weighted by Crippen LogP contribution is -2.64. The van der Waals surface area contributed by atoms with Gasteiger partial charge in [-0.1, -0.05) is 0 Å². The maximum atomic E-state index is 11.9. The number of carbonyl (C=O) groups excluding carboxylic acids is 2. The minimum Gasteiger partial charge on any atom is -0.394 e. The van der Waals surface area contributed by atoms with Crippen LogP contribution in [0.5, 0.6) is 0 Å². The average molecular weight is 529 g/mol. The number of amides is 1. The van der Waals surface area contributed by atoms with Gasteiger partial charge in [0.15, 0.2) is 12.6 Å². The van der Waals surface area contributed by atoms with Gasteiger partial charge in [0, 0.05) is 6.92 Å². The number of hydrogen-bond donors (Lipinski definition) is 10. The largest absolute Gasteiger partial charge is 0.394 e. The highest BCUT2D eigenvalue weighted by Crippen LogP contribution is 2.28. The third kappa shape index (κ3) is 6.93. The molecule has 2 aliphatic rings. The van der Waals surface area contributed by atoms with Crippen molar-refractivity contribution in [2.45, 2.75) is 99.6 Å². The molecule has 0 aromatic heterocycles.